The molecule has 0 aromatic heterocycles. The SMILES string of the molecule is Cc1ccc(S(=O)(=O)N[C@@H]2C[C@@H](/C=C\CCCC(=O)O)N(Cc3ccccc3)C2)cc1. The summed E-state index contributed by atoms with van der Waals surface area (Å²) < 4.78 is 28.5. The van der Waals surface area contributed by atoms with E-state index in [-0.39, 0.29) is 23.4 Å². The molecular formula is C24H30N2O4S. The van der Waals surface area contributed by atoms with E-state index in [2.05, 4.69) is 27.8 Å². The van der Waals surface area contributed by atoms with E-state index < -0.39 is 16.0 Å². The standard InChI is InChI=1S/C24H30N2O4S/c1-19-12-14-23(15-13-19)31(29,30)25-21-16-22(10-6-3-7-11-24(27)28)26(18-21)17-20-8-4-2-5-9-20/h2,4-6,8-10,12-15,21-22,25H,3,7,11,16-18H2,1H3,(H,27,28)/b10-6-/t21-,22-/m1/s1. The highest BCUT2D eigenvalue weighted by Gasteiger charge is 2.33. The summed E-state index contributed by atoms with van der Waals surface area (Å²) in [6.45, 7) is 3.27. The molecule has 0 radical (unpaired) electrons. The number of aliphatic carboxylic acids is 1. The quantitative estimate of drug-likeness (QED) is 0.433. The molecule has 1 aliphatic rings. The van der Waals surface area contributed by atoms with Crippen LogP contribution in [0, 0.1) is 6.92 Å². The van der Waals surface area contributed by atoms with Crippen LogP contribution in [0.5, 0.6) is 0 Å². The summed E-state index contributed by atoms with van der Waals surface area (Å²) >= 11 is 0. The van der Waals surface area contributed by atoms with Crippen molar-refractivity contribution in [2.75, 3.05) is 6.54 Å². The molecule has 31 heavy (non-hydrogen) atoms. The molecule has 7 heteroatoms. The fourth-order valence-electron chi connectivity index (χ4n) is 3.85. The van der Waals surface area contributed by atoms with E-state index in [9.17, 15) is 13.2 Å². The molecule has 2 aromatic rings. The molecule has 1 fully saturated rings. The van der Waals surface area contributed by atoms with Crippen molar-refractivity contribution in [3.05, 3.63) is 77.9 Å². The molecule has 1 heterocycles. The van der Waals surface area contributed by atoms with Crippen molar-refractivity contribution in [3.63, 3.8) is 0 Å². The zero-order valence-electron chi connectivity index (χ0n) is 17.8. The molecule has 2 N–H and O–H groups in total. The van der Waals surface area contributed by atoms with E-state index in [4.69, 9.17) is 5.11 Å². The Hall–Kier alpha value is -2.48. The van der Waals surface area contributed by atoms with Crippen molar-refractivity contribution in [1.29, 1.82) is 0 Å². The van der Waals surface area contributed by atoms with Crippen LogP contribution in [0.4, 0.5) is 0 Å². The summed E-state index contributed by atoms with van der Waals surface area (Å²) in [5.74, 6) is -0.787. The molecule has 1 aliphatic heterocycles. The molecule has 0 unspecified atom stereocenters. The molecule has 0 bridgehead atoms. The predicted octanol–water partition coefficient (Wildman–Crippen LogP) is 3.73. The molecule has 0 spiro atoms. The minimum absolute atomic E-state index is 0.0933. The van der Waals surface area contributed by atoms with Crippen LogP contribution in [0.1, 0.15) is 36.8 Å². The number of carboxylic acid groups (broad SMARTS) is 1. The number of nitrogens with zero attached hydrogens (tertiary/aromatic N) is 1. The third-order valence-electron chi connectivity index (χ3n) is 5.45. The van der Waals surface area contributed by atoms with Gasteiger partial charge >= 0.3 is 5.97 Å². The minimum Gasteiger partial charge on any atom is -0.481 e. The third-order valence-corrected chi connectivity index (χ3v) is 6.99. The maximum absolute atomic E-state index is 12.8. The average Bonchev–Trinajstić information content (AvgIpc) is 3.08. The van der Waals surface area contributed by atoms with Gasteiger partial charge in [0.1, 0.15) is 0 Å². The Morgan fingerprint density at radius 1 is 1.16 bits per heavy atom. The van der Waals surface area contributed by atoms with Crippen molar-refractivity contribution < 1.29 is 18.3 Å². The number of sulfonamides is 1. The minimum atomic E-state index is -3.58. The van der Waals surface area contributed by atoms with Gasteiger partial charge < -0.3 is 5.11 Å². The summed E-state index contributed by atoms with van der Waals surface area (Å²) in [4.78, 5) is 13.2. The Morgan fingerprint density at radius 3 is 2.55 bits per heavy atom. The van der Waals surface area contributed by atoms with Crippen LogP contribution in [0.15, 0.2) is 71.6 Å². The summed E-state index contributed by atoms with van der Waals surface area (Å²) in [7, 11) is -3.58. The first-order valence-electron chi connectivity index (χ1n) is 10.6. The van der Waals surface area contributed by atoms with E-state index in [1.54, 1.807) is 24.3 Å². The highest BCUT2D eigenvalue weighted by molar-refractivity contribution is 7.89. The van der Waals surface area contributed by atoms with E-state index >= 15 is 0 Å². The number of carbonyl (C=O) groups is 1. The van der Waals surface area contributed by atoms with E-state index in [0.717, 1.165) is 12.1 Å². The lowest BCUT2D eigenvalue weighted by molar-refractivity contribution is -0.137. The van der Waals surface area contributed by atoms with Gasteiger partial charge in [0.15, 0.2) is 0 Å². The van der Waals surface area contributed by atoms with Crippen molar-refractivity contribution in [3.8, 4) is 0 Å². The first kappa shape index (κ1) is 23.2. The largest absolute Gasteiger partial charge is 0.481 e. The summed E-state index contributed by atoms with van der Waals surface area (Å²) in [6, 6.07) is 16.9. The second kappa shape index (κ2) is 10.7. The number of allylic oxidation sites excluding steroid dienone is 1. The van der Waals surface area contributed by atoms with Crippen molar-refractivity contribution in [2.45, 2.75) is 56.1 Å². The van der Waals surface area contributed by atoms with Crippen molar-refractivity contribution >= 4 is 16.0 Å². The highest BCUT2D eigenvalue weighted by atomic mass is 32.2. The van der Waals surface area contributed by atoms with Crippen LogP contribution in [-0.2, 0) is 21.4 Å². The first-order valence-corrected chi connectivity index (χ1v) is 12.1. The van der Waals surface area contributed by atoms with Gasteiger partial charge in [0.25, 0.3) is 0 Å². The summed E-state index contributed by atoms with van der Waals surface area (Å²) in [5.41, 5.74) is 2.19. The lowest BCUT2D eigenvalue weighted by atomic mass is 10.1. The van der Waals surface area contributed by atoms with Gasteiger partial charge in [-0.15, -0.1) is 0 Å². The van der Waals surface area contributed by atoms with E-state index in [0.29, 0.717) is 25.8 Å². The lowest BCUT2D eigenvalue weighted by Crippen LogP contribution is -2.37. The fraction of sp³-hybridized carbons (Fsp3) is 0.375. The Balaban J connectivity index is 1.68. The van der Waals surface area contributed by atoms with E-state index in [1.807, 2.05) is 31.2 Å². The van der Waals surface area contributed by atoms with Gasteiger partial charge in [-0.2, -0.15) is 0 Å². The highest BCUT2D eigenvalue weighted by Crippen LogP contribution is 2.24. The molecule has 6 nitrogen and oxygen atoms in total. The molecule has 0 aliphatic carbocycles. The number of nitrogens with one attached hydrogen (secondary N) is 1. The van der Waals surface area contributed by atoms with Gasteiger partial charge in [0.05, 0.1) is 4.90 Å². The fourth-order valence-corrected chi connectivity index (χ4v) is 5.09. The van der Waals surface area contributed by atoms with E-state index in [1.165, 1.54) is 5.56 Å². The number of aryl methyl sites for hydroxylation is 1. The first-order chi connectivity index (χ1) is 14.8. The third kappa shape index (κ3) is 7.02. The van der Waals surface area contributed by atoms with Crippen LogP contribution in [0.3, 0.4) is 0 Å². The Labute approximate surface area is 184 Å². The van der Waals surface area contributed by atoms with Gasteiger partial charge in [0.2, 0.25) is 10.0 Å². The second-order valence-electron chi connectivity index (χ2n) is 8.06. The van der Waals surface area contributed by atoms with Gasteiger partial charge in [-0.25, -0.2) is 13.1 Å². The van der Waals surface area contributed by atoms with Gasteiger partial charge in [-0.3, -0.25) is 9.69 Å². The average molecular weight is 443 g/mol. The van der Waals surface area contributed by atoms with Crippen LogP contribution in [0.25, 0.3) is 0 Å². The Bertz CT molecular complexity index is 988. The number of rotatable bonds is 10. The second-order valence-corrected chi connectivity index (χ2v) is 9.78. The number of hydrogen-bond donors (Lipinski definition) is 2. The zero-order valence-corrected chi connectivity index (χ0v) is 18.6. The Kier molecular flexibility index (Phi) is 8.01. The molecule has 2 aromatic carbocycles. The molecule has 1 saturated heterocycles. The molecule has 0 saturated carbocycles. The molecule has 166 valence electrons. The van der Waals surface area contributed by atoms with Crippen molar-refractivity contribution in [2.24, 2.45) is 0 Å². The normalized spacial score (nSPS) is 19.8. The predicted molar refractivity (Wildman–Crippen MR) is 121 cm³/mol. The van der Waals surface area contributed by atoms with Gasteiger partial charge in [-0.05, 0) is 43.9 Å². The maximum Gasteiger partial charge on any atom is 0.303 e. The number of unbranched alkanes of at least 4 members (excludes halogenated alkanes) is 1. The number of benzene rings is 2. The van der Waals surface area contributed by atoms with Crippen LogP contribution in [-0.4, -0.2) is 43.0 Å². The van der Waals surface area contributed by atoms with Crippen LogP contribution >= 0.6 is 0 Å². The van der Waals surface area contributed by atoms with Crippen LogP contribution < -0.4 is 4.72 Å². The van der Waals surface area contributed by atoms with Gasteiger partial charge in [0, 0.05) is 31.6 Å². The zero-order chi connectivity index (χ0) is 22.3. The smallest absolute Gasteiger partial charge is 0.303 e. The topological polar surface area (TPSA) is 86.7 Å². The maximum atomic E-state index is 12.8. The number of carboxylic acids is 1. The lowest BCUT2D eigenvalue weighted by Gasteiger charge is -2.22. The molecule has 2 atom stereocenters. The molecule has 3 rings (SSSR count). The van der Waals surface area contributed by atoms with Crippen molar-refractivity contribution in [1.82, 2.24) is 9.62 Å². The summed E-state index contributed by atoms with van der Waals surface area (Å²) in [6.07, 6.45) is 6.23. The number of likely N-dealkylation sites (tertiary alicyclic amines) is 1. The Morgan fingerprint density at radius 2 is 1.87 bits per heavy atom. The summed E-state index contributed by atoms with van der Waals surface area (Å²) in [5, 5.41) is 8.79. The monoisotopic (exact) mass is 442 g/mol. The molecule has 0 amide bonds. The van der Waals surface area contributed by atoms with Gasteiger partial charge in [-0.1, -0.05) is 60.2 Å². The van der Waals surface area contributed by atoms with Crippen LogP contribution in [0.2, 0.25) is 0 Å². The number of hydrogen-bond acceptors (Lipinski definition) is 4. The molecular weight excluding hydrogens is 412 g/mol.